The van der Waals surface area contributed by atoms with Gasteiger partial charge < -0.3 is 4.90 Å². The number of amidine groups is 1. The fourth-order valence-corrected chi connectivity index (χ4v) is 4.55. The maximum Gasteiger partial charge on any atom is 0.233 e. The van der Waals surface area contributed by atoms with E-state index in [1.165, 1.54) is 11.8 Å². The molecule has 1 saturated heterocycles. The number of benzene rings is 2. The first-order valence-corrected chi connectivity index (χ1v) is 9.97. The minimum absolute atomic E-state index is 0.0228. The molecule has 0 saturated carbocycles. The van der Waals surface area contributed by atoms with Crippen LogP contribution in [0.3, 0.4) is 0 Å². The van der Waals surface area contributed by atoms with E-state index < -0.39 is 0 Å². The summed E-state index contributed by atoms with van der Waals surface area (Å²) < 4.78 is 0. The molecule has 0 atom stereocenters. The highest BCUT2D eigenvalue weighted by atomic mass is 32.2. The Balaban J connectivity index is 1.68. The summed E-state index contributed by atoms with van der Waals surface area (Å²) in [5.41, 5.74) is 2.18. The molecule has 0 aliphatic carbocycles. The number of rotatable bonds is 5. The number of thioether (sulfide) groups is 2. The summed E-state index contributed by atoms with van der Waals surface area (Å²) in [5, 5.41) is 10.5. The molecular weight excluding hydrogens is 362 g/mol. The third-order valence-electron chi connectivity index (χ3n) is 3.95. The molecule has 2 aromatic carbocycles. The molecule has 3 rings (SSSR count). The average molecular weight is 384 g/mol. The van der Waals surface area contributed by atoms with E-state index in [-0.39, 0.29) is 11.1 Å². The third-order valence-corrected chi connectivity index (χ3v) is 6.04. The minimum atomic E-state index is -0.0228. The van der Waals surface area contributed by atoms with Crippen LogP contribution in [0.2, 0.25) is 0 Å². The van der Waals surface area contributed by atoms with Crippen LogP contribution in [0.4, 0.5) is 5.69 Å². The van der Waals surface area contributed by atoms with Gasteiger partial charge in [-0.2, -0.15) is 0 Å². The summed E-state index contributed by atoms with van der Waals surface area (Å²) in [7, 11) is 4.03. The molecule has 1 amide bonds. The monoisotopic (exact) mass is 383 g/mol. The number of carbonyl (C=O) groups excluding carboxylic acids is 1. The lowest BCUT2D eigenvalue weighted by Gasteiger charge is -2.28. The first-order valence-electron chi connectivity index (χ1n) is 8.27. The van der Waals surface area contributed by atoms with Crippen LogP contribution < -0.4 is 4.90 Å². The number of anilines is 1. The van der Waals surface area contributed by atoms with Crippen molar-refractivity contribution < 1.29 is 4.79 Å². The first kappa shape index (κ1) is 18.6. The zero-order valence-electron chi connectivity index (χ0n) is 14.8. The maximum absolute atomic E-state index is 12.5. The summed E-state index contributed by atoms with van der Waals surface area (Å²) in [6.07, 6.45) is 0.344. The van der Waals surface area contributed by atoms with Crippen LogP contribution in [-0.4, -0.2) is 30.1 Å². The van der Waals surface area contributed by atoms with Gasteiger partial charge in [0.2, 0.25) is 5.91 Å². The van der Waals surface area contributed by atoms with Crippen molar-refractivity contribution in [2.24, 2.45) is 0 Å². The van der Waals surface area contributed by atoms with E-state index in [1.807, 2.05) is 62.0 Å². The van der Waals surface area contributed by atoms with E-state index in [0.717, 1.165) is 21.1 Å². The number of para-hydroxylation sites is 1. The predicted molar refractivity (Wildman–Crippen MR) is 112 cm³/mol. The molecule has 1 N–H and O–H groups in total. The van der Waals surface area contributed by atoms with Crippen molar-refractivity contribution >= 4 is 40.3 Å². The summed E-state index contributed by atoms with van der Waals surface area (Å²) in [4.78, 5) is 18.2. The maximum atomic E-state index is 12.5. The molecule has 1 heterocycles. The molecule has 1 aliphatic rings. The molecule has 0 bridgehead atoms. The van der Waals surface area contributed by atoms with Gasteiger partial charge in [-0.25, -0.2) is 0 Å². The fourth-order valence-electron chi connectivity index (χ4n) is 2.62. The third kappa shape index (κ3) is 4.51. The van der Waals surface area contributed by atoms with E-state index in [1.54, 1.807) is 16.7 Å². The van der Waals surface area contributed by atoms with Crippen molar-refractivity contribution in [2.45, 2.75) is 17.9 Å². The Bertz CT molecular complexity index is 814. The molecule has 0 radical (unpaired) electrons. The lowest BCUT2D eigenvalue weighted by molar-refractivity contribution is -0.127. The Kier molecular flexibility index (Phi) is 6.06. The number of carbonyl (C=O) groups is 1. The molecule has 4 nitrogen and oxygen atoms in total. The van der Waals surface area contributed by atoms with Gasteiger partial charge in [-0.1, -0.05) is 66.0 Å². The van der Waals surface area contributed by atoms with E-state index in [0.29, 0.717) is 13.0 Å². The topological polar surface area (TPSA) is 47.4 Å². The van der Waals surface area contributed by atoms with Gasteiger partial charge in [0.1, 0.15) is 0 Å². The van der Waals surface area contributed by atoms with Crippen molar-refractivity contribution in [1.29, 1.82) is 5.41 Å². The minimum Gasteiger partial charge on any atom is -0.377 e. The highest BCUT2D eigenvalue weighted by Gasteiger charge is 2.27. The second kappa shape index (κ2) is 8.47. The van der Waals surface area contributed by atoms with Crippen molar-refractivity contribution in [3.05, 3.63) is 70.5 Å². The fraction of sp³-hybridized carbons (Fsp3) is 0.200. The Morgan fingerprint density at radius 3 is 2.54 bits per heavy atom. The molecule has 1 aliphatic heterocycles. The average Bonchev–Trinajstić information content (AvgIpc) is 2.64. The van der Waals surface area contributed by atoms with Gasteiger partial charge in [0.05, 0.1) is 18.7 Å². The van der Waals surface area contributed by atoms with Gasteiger partial charge >= 0.3 is 0 Å². The number of nitrogens with one attached hydrogen (secondary N) is 1. The number of hydrogen-bond acceptors (Lipinski definition) is 5. The number of amides is 1. The summed E-state index contributed by atoms with van der Waals surface area (Å²) >= 11 is 2.97. The molecule has 1 fully saturated rings. The second-order valence-electron chi connectivity index (χ2n) is 6.11. The normalized spacial score (nSPS) is 16.2. The molecule has 0 spiro atoms. The standard InChI is InChI=1S/C20H21N3OS2/c1-22(2)17-10-6-7-11-18(17)25-14-16-12-19(24)23(20(21)26-16)13-15-8-4-3-5-9-15/h3-11,14,21H,12-13H2,1-2H3/b16-14-,21-20?. The van der Waals surface area contributed by atoms with E-state index in [9.17, 15) is 4.79 Å². The molecule has 2 aromatic rings. The Morgan fingerprint density at radius 2 is 1.85 bits per heavy atom. The smallest absolute Gasteiger partial charge is 0.233 e. The van der Waals surface area contributed by atoms with Gasteiger partial charge in [0.15, 0.2) is 5.17 Å². The Labute approximate surface area is 162 Å². The van der Waals surface area contributed by atoms with E-state index >= 15 is 0 Å². The highest BCUT2D eigenvalue weighted by Crippen LogP contribution is 2.36. The van der Waals surface area contributed by atoms with Crippen LogP contribution in [0, 0.1) is 5.41 Å². The van der Waals surface area contributed by atoms with Crippen molar-refractivity contribution in [1.82, 2.24) is 4.90 Å². The predicted octanol–water partition coefficient (Wildman–Crippen LogP) is 4.79. The summed E-state index contributed by atoms with van der Waals surface area (Å²) in [5.74, 6) is -0.0228. The van der Waals surface area contributed by atoms with Crippen LogP contribution in [0.15, 0.2) is 69.8 Å². The van der Waals surface area contributed by atoms with Gasteiger partial charge in [-0.3, -0.25) is 15.1 Å². The van der Waals surface area contributed by atoms with E-state index in [2.05, 4.69) is 17.0 Å². The second-order valence-corrected chi connectivity index (χ2v) is 8.14. The van der Waals surface area contributed by atoms with Crippen molar-refractivity contribution in [3.63, 3.8) is 0 Å². The molecule has 6 heteroatoms. The summed E-state index contributed by atoms with van der Waals surface area (Å²) in [6.45, 7) is 0.454. The lowest BCUT2D eigenvalue weighted by atomic mass is 10.2. The highest BCUT2D eigenvalue weighted by molar-refractivity contribution is 8.17. The first-order chi connectivity index (χ1) is 12.5. The molecule has 134 valence electrons. The quantitative estimate of drug-likeness (QED) is 0.755. The van der Waals surface area contributed by atoms with Gasteiger partial charge in [0.25, 0.3) is 0 Å². The zero-order valence-corrected chi connectivity index (χ0v) is 16.4. The van der Waals surface area contributed by atoms with Gasteiger partial charge in [-0.15, -0.1) is 0 Å². The lowest BCUT2D eigenvalue weighted by Crippen LogP contribution is -2.37. The molecule has 26 heavy (non-hydrogen) atoms. The number of nitrogens with zero attached hydrogens (tertiary/aromatic N) is 2. The summed E-state index contributed by atoms with van der Waals surface area (Å²) in [6, 6.07) is 18.0. The SMILES string of the molecule is CN(C)c1ccccc1S/C=C1/CC(=O)N(Cc2ccccc2)C(=N)S1. The molecular formula is C20H21N3OS2. The van der Waals surface area contributed by atoms with Crippen LogP contribution in [0.5, 0.6) is 0 Å². The van der Waals surface area contributed by atoms with Crippen LogP contribution >= 0.6 is 23.5 Å². The van der Waals surface area contributed by atoms with Crippen molar-refractivity contribution in [2.75, 3.05) is 19.0 Å². The molecule has 0 unspecified atom stereocenters. The van der Waals surface area contributed by atoms with E-state index in [4.69, 9.17) is 5.41 Å². The largest absolute Gasteiger partial charge is 0.377 e. The molecule has 0 aromatic heterocycles. The van der Waals surface area contributed by atoms with Gasteiger partial charge in [-0.05, 0) is 23.1 Å². The number of hydrogen-bond donors (Lipinski definition) is 1. The zero-order chi connectivity index (χ0) is 18.5. The van der Waals surface area contributed by atoms with Crippen LogP contribution in [0.1, 0.15) is 12.0 Å². The Morgan fingerprint density at radius 1 is 1.15 bits per heavy atom. The van der Waals surface area contributed by atoms with Gasteiger partial charge in [0, 0.05) is 23.9 Å². The Hall–Kier alpha value is -2.18. The van der Waals surface area contributed by atoms with Crippen LogP contribution in [0.25, 0.3) is 0 Å². The van der Waals surface area contributed by atoms with Crippen molar-refractivity contribution in [3.8, 4) is 0 Å². The van der Waals surface area contributed by atoms with Crippen LogP contribution in [-0.2, 0) is 11.3 Å².